The molecule has 3 rings (SSSR count). The number of amides is 1. The molecule has 0 spiro atoms. The van der Waals surface area contributed by atoms with Gasteiger partial charge in [0.25, 0.3) is 0 Å². The van der Waals surface area contributed by atoms with E-state index in [1.54, 1.807) is 44.4 Å². The van der Waals surface area contributed by atoms with Crippen LogP contribution in [0.25, 0.3) is 23.0 Å². The van der Waals surface area contributed by atoms with E-state index < -0.39 is 11.9 Å². The first kappa shape index (κ1) is 22.2. The average molecular weight is 439 g/mol. The molecule has 3 aromatic rings. The number of esters is 1. The summed E-state index contributed by atoms with van der Waals surface area (Å²) in [6, 6.07) is 12.5. The minimum atomic E-state index is -0.494. The third-order valence-corrected chi connectivity index (χ3v) is 5.01. The molecule has 2 N–H and O–H groups in total. The Bertz CT molecular complexity index is 1160. The summed E-state index contributed by atoms with van der Waals surface area (Å²) in [5.74, 6) is -0.324. The van der Waals surface area contributed by atoms with Crippen LogP contribution in [-0.2, 0) is 9.53 Å². The van der Waals surface area contributed by atoms with Gasteiger partial charge in [-0.25, -0.2) is 4.79 Å². The van der Waals surface area contributed by atoms with Crippen LogP contribution in [0.15, 0.2) is 54.7 Å². The summed E-state index contributed by atoms with van der Waals surface area (Å²) in [6.07, 6.45) is 4.97. The topological polar surface area (TPSA) is 83.6 Å². The molecule has 0 radical (unpaired) electrons. The van der Waals surface area contributed by atoms with Gasteiger partial charge in [-0.15, -0.1) is 0 Å². The maximum Gasteiger partial charge on any atom is 0.330 e. The first-order chi connectivity index (χ1) is 14.8. The second kappa shape index (κ2) is 9.53. The zero-order valence-electron chi connectivity index (χ0n) is 17.5. The molecule has 6 nitrogen and oxygen atoms in total. The number of hydrogen-bond acceptors (Lipinski definition) is 4. The highest BCUT2D eigenvalue weighted by Crippen LogP contribution is 2.35. The van der Waals surface area contributed by atoms with E-state index in [4.69, 9.17) is 26.8 Å². The molecular formula is C24H23ClN2O4. The lowest BCUT2D eigenvalue weighted by molar-refractivity contribution is -0.137. The molecule has 1 amide bonds. The predicted octanol–water partition coefficient (Wildman–Crippen LogP) is 4.79. The molecular weight excluding hydrogens is 416 g/mol. The monoisotopic (exact) mass is 438 g/mol. The standard InChI is InChI=1S/C24H23ClN2O4/c1-4-31-22(28)10-6-16-11-12-27(20-9-7-18(25)14-21(20)30-3)23(16)19-8-5-17(24(26)29)13-15(19)2/h5-14H,4H2,1-3H3,(H2,26,29). The zero-order chi connectivity index (χ0) is 22.5. The fourth-order valence-electron chi connectivity index (χ4n) is 3.35. The number of aryl methyl sites for hydroxylation is 1. The van der Waals surface area contributed by atoms with E-state index in [1.807, 2.05) is 35.9 Å². The van der Waals surface area contributed by atoms with Crippen molar-refractivity contribution < 1.29 is 19.1 Å². The average Bonchev–Trinajstić information content (AvgIpc) is 3.15. The van der Waals surface area contributed by atoms with Crippen LogP contribution < -0.4 is 10.5 Å². The Balaban J connectivity index is 2.22. The summed E-state index contributed by atoms with van der Waals surface area (Å²) in [5, 5.41) is 0.554. The van der Waals surface area contributed by atoms with Crippen LogP contribution in [0.4, 0.5) is 0 Å². The molecule has 7 heteroatoms. The maximum absolute atomic E-state index is 11.9. The molecule has 0 bridgehead atoms. The summed E-state index contributed by atoms with van der Waals surface area (Å²) in [5.41, 5.74) is 9.96. The fraction of sp³-hybridized carbons (Fsp3) is 0.167. The molecule has 0 saturated carbocycles. The first-order valence-electron chi connectivity index (χ1n) is 9.66. The van der Waals surface area contributed by atoms with Crippen LogP contribution in [0.3, 0.4) is 0 Å². The summed E-state index contributed by atoms with van der Waals surface area (Å²) >= 11 is 6.14. The van der Waals surface area contributed by atoms with Crippen molar-refractivity contribution in [1.29, 1.82) is 0 Å². The second-order valence-electron chi connectivity index (χ2n) is 6.79. The number of benzene rings is 2. The van der Waals surface area contributed by atoms with Gasteiger partial charge in [0.15, 0.2) is 0 Å². The lowest BCUT2D eigenvalue weighted by atomic mass is 9.99. The molecule has 1 heterocycles. The summed E-state index contributed by atoms with van der Waals surface area (Å²) in [6.45, 7) is 3.95. The Hall–Kier alpha value is -3.51. The zero-order valence-corrected chi connectivity index (χ0v) is 18.3. The number of hydrogen-bond donors (Lipinski definition) is 1. The van der Waals surface area contributed by atoms with Crippen molar-refractivity contribution in [3.05, 3.63) is 76.5 Å². The van der Waals surface area contributed by atoms with Crippen LogP contribution in [-0.4, -0.2) is 30.2 Å². The lowest BCUT2D eigenvalue weighted by Crippen LogP contribution is -2.11. The first-order valence-corrected chi connectivity index (χ1v) is 10.0. The van der Waals surface area contributed by atoms with Crippen LogP contribution in [0, 0.1) is 6.92 Å². The van der Waals surface area contributed by atoms with E-state index in [9.17, 15) is 9.59 Å². The number of rotatable bonds is 7. The Morgan fingerprint density at radius 2 is 1.94 bits per heavy atom. The van der Waals surface area contributed by atoms with Crippen LogP contribution >= 0.6 is 11.6 Å². The molecule has 0 fully saturated rings. The fourth-order valence-corrected chi connectivity index (χ4v) is 3.51. The molecule has 0 atom stereocenters. The molecule has 0 aliphatic rings. The molecule has 31 heavy (non-hydrogen) atoms. The van der Waals surface area contributed by atoms with Crippen molar-refractivity contribution in [3.63, 3.8) is 0 Å². The number of nitrogens with two attached hydrogens (primary N) is 1. The van der Waals surface area contributed by atoms with Gasteiger partial charge in [-0.1, -0.05) is 17.7 Å². The van der Waals surface area contributed by atoms with Gasteiger partial charge in [0.05, 0.1) is 25.1 Å². The third kappa shape index (κ3) is 4.81. The van der Waals surface area contributed by atoms with Crippen molar-refractivity contribution in [3.8, 4) is 22.7 Å². The highest BCUT2D eigenvalue weighted by atomic mass is 35.5. The number of methoxy groups -OCH3 is 1. The van der Waals surface area contributed by atoms with Crippen LogP contribution in [0.5, 0.6) is 5.75 Å². The van der Waals surface area contributed by atoms with Gasteiger partial charge >= 0.3 is 5.97 Å². The van der Waals surface area contributed by atoms with E-state index in [1.165, 1.54) is 6.08 Å². The summed E-state index contributed by atoms with van der Waals surface area (Å²) < 4.78 is 12.5. The highest BCUT2D eigenvalue weighted by molar-refractivity contribution is 6.30. The van der Waals surface area contributed by atoms with Crippen molar-refractivity contribution in [2.75, 3.05) is 13.7 Å². The molecule has 0 saturated heterocycles. The van der Waals surface area contributed by atoms with E-state index >= 15 is 0 Å². The van der Waals surface area contributed by atoms with Gasteiger partial charge in [0.2, 0.25) is 5.91 Å². The summed E-state index contributed by atoms with van der Waals surface area (Å²) in [7, 11) is 1.58. The normalized spacial score (nSPS) is 11.0. The number of ether oxygens (including phenoxy) is 2. The molecule has 0 unspecified atom stereocenters. The molecule has 0 aliphatic carbocycles. The lowest BCUT2D eigenvalue weighted by Gasteiger charge is -2.16. The van der Waals surface area contributed by atoms with E-state index in [0.29, 0.717) is 22.9 Å². The predicted molar refractivity (Wildman–Crippen MR) is 122 cm³/mol. The number of halogens is 1. The van der Waals surface area contributed by atoms with Crippen molar-refractivity contribution >= 4 is 29.6 Å². The maximum atomic E-state index is 11.9. The number of nitrogens with zero attached hydrogens (tertiary/aromatic N) is 1. The molecule has 160 valence electrons. The van der Waals surface area contributed by atoms with E-state index in [-0.39, 0.29) is 0 Å². The number of aromatic nitrogens is 1. The van der Waals surface area contributed by atoms with Gasteiger partial charge in [-0.05, 0) is 55.8 Å². The quantitative estimate of drug-likeness (QED) is 0.424. The van der Waals surface area contributed by atoms with Gasteiger partial charge in [-0.2, -0.15) is 0 Å². The largest absolute Gasteiger partial charge is 0.495 e. The van der Waals surface area contributed by atoms with E-state index in [2.05, 4.69) is 0 Å². The highest BCUT2D eigenvalue weighted by Gasteiger charge is 2.17. The number of primary amides is 1. The Kier molecular flexibility index (Phi) is 6.82. The van der Waals surface area contributed by atoms with Gasteiger partial charge in [0.1, 0.15) is 5.75 Å². The summed E-state index contributed by atoms with van der Waals surface area (Å²) in [4.78, 5) is 23.4. The van der Waals surface area contributed by atoms with Gasteiger partial charge in [0, 0.05) is 40.1 Å². The smallest absolute Gasteiger partial charge is 0.330 e. The minimum absolute atomic E-state index is 0.298. The van der Waals surface area contributed by atoms with Crippen molar-refractivity contribution in [2.24, 2.45) is 5.73 Å². The van der Waals surface area contributed by atoms with E-state index in [0.717, 1.165) is 28.1 Å². The molecule has 0 aliphatic heterocycles. The van der Waals surface area contributed by atoms with Gasteiger partial charge in [-0.3, -0.25) is 4.79 Å². The third-order valence-electron chi connectivity index (χ3n) is 4.77. The number of carbonyl (C=O) groups excluding carboxylic acids is 2. The van der Waals surface area contributed by atoms with Crippen LogP contribution in [0.2, 0.25) is 5.02 Å². The second-order valence-corrected chi connectivity index (χ2v) is 7.22. The Morgan fingerprint density at radius 1 is 1.16 bits per heavy atom. The van der Waals surface area contributed by atoms with Crippen molar-refractivity contribution in [1.82, 2.24) is 4.57 Å². The molecule has 2 aromatic carbocycles. The Morgan fingerprint density at radius 3 is 2.58 bits per heavy atom. The minimum Gasteiger partial charge on any atom is -0.495 e. The Labute approximate surface area is 185 Å². The van der Waals surface area contributed by atoms with Gasteiger partial charge < -0.3 is 19.8 Å². The molecule has 1 aromatic heterocycles. The van der Waals surface area contributed by atoms with Crippen molar-refractivity contribution in [2.45, 2.75) is 13.8 Å². The number of carbonyl (C=O) groups is 2. The van der Waals surface area contributed by atoms with Crippen LogP contribution in [0.1, 0.15) is 28.4 Å². The SMILES string of the molecule is CCOC(=O)C=Cc1ccn(-c2ccc(Cl)cc2OC)c1-c1ccc(C(N)=O)cc1C.